The largest absolute Gasteiger partial charge is 0.400 e. The van der Waals surface area contributed by atoms with Crippen molar-refractivity contribution in [1.82, 2.24) is 6.15 Å². The SMILES string of the molecule is CCCCCCCCCCCCCCCCCCCCCC.COS(=O)(=O)OC(C)(C)CCCN.N. The molecule has 0 radical (unpaired) electrons. The molecule has 0 heterocycles. The Labute approximate surface area is 227 Å². The van der Waals surface area contributed by atoms with Crippen molar-refractivity contribution < 1.29 is 16.8 Å². The molecular formula is C29H66N2O4S. The number of unbranched alkanes of at least 4 members (excludes halogenated alkanes) is 19. The first-order valence-corrected chi connectivity index (χ1v) is 16.3. The van der Waals surface area contributed by atoms with Gasteiger partial charge in [-0.2, -0.15) is 8.42 Å². The van der Waals surface area contributed by atoms with Gasteiger partial charge in [-0.15, -0.1) is 0 Å². The Kier molecular flexibility index (Phi) is 32.8. The Bertz CT molecular complexity index is 493. The average Bonchev–Trinajstić information content (AvgIpc) is 2.82. The summed E-state index contributed by atoms with van der Waals surface area (Å²) in [6.07, 6.45) is 30.7. The second kappa shape index (κ2) is 29.3. The molecule has 0 spiro atoms. The first-order valence-electron chi connectivity index (χ1n) is 15.0. The maximum Gasteiger partial charge on any atom is 0.400 e. The summed E-state index contributed by atoms with van der Waals surface area (Å²) in [7, 11) is -2.78. The molecule has 0 aliphatic carbocycles. The highest BCUT2D eigenvalue weighted by atomic mass is 32.3. The van der Waals surface area contributed by atoms with Gasteiger partial charge in [-0.25, -0.2) is 4.18 Å². The van der Waals surface area contributed by atoms with Crippen molar-refractivity contribution in [2.24, 2.45) is 5.73 Å². The molecule has 6 nitrogen and oxygen atoms in total. The number of nitrogens with two attached hydrogens (primary N) is 1. The highest BCUT2D eigenvalue weighted by molar-refractivity contribution is 7.81. The van der Waals surface area contributed by atoms with Crippen molar-refractivity contribution in [2.75, 3.05) is 13.7 Å². The van der Waals surface area contributed by atoms with Gasteiger partial charge in [0.2, 0.25) is 0 Å². The fourth-order valence-electron chi connectivity index (χ4n) is 4.21. The molecule has 0 unspecified atom stereocenters. The molecule has 7 heteroatoms. The monoisotopic (exact) mass is 538 g/mol. The normalized spacial score (nSPS) is 11.6. The number of hydrogen-bond acceptors (Lipinski definition) is 6. The average molecular weight is 539 g/mol. The van der Waals surface area contributed by atoms with Crippen LogP contribution >= 0.6 is 0 Å². The van der Waals surface area contributed by atoms with Crippen LogP contribution in [-0.2, 0) is 18.8 Å². The molecule has 5 N–H and O–H groups in total. The zero-order chi connectivity index (χ0) is 26.7. The Hall–Kier alpha value is -0.210. The fraction of sp³-hybridized carbons (Fsp3) is 1.00. The standard InChI is InChI=1S/C22H46.C7H17NO4S.H3N/c1-3-5-7-9-11-13-15-17-19-21-22-20-18-16-14-12-10-8-6-4-2;1-7(2,5-4-6-8)12-13(9,10)11-3;/h3-22H2,1-2H3;4-6,8H2,1-3H3;1H3. The predicted molar refractivity (Wildman–Crippen MR) is 158 cm³/mol. The van der Waals surface area contributed by atoms with Gasteiger partial charge in [-0.1, -0.05) is 142 Å². The summed E-state index contributed by atoms with van der Waals surface area (Å²) in [5, 5.41) is 0. The molecule has 0 amide bonds. The van der Waals surface area contributed by atoms with E-state index in [1.807, 2.05) is 0 Å². The molecule has 0 aromatic carbocycles. The molecule has 0 rings (SSSR count). The van der Waals surface area contributed by atoms with Gasteiger partial charge in [0.15, 0.2) is 0 Å². The highest BCUT2D eigenvalue weighted by Gasteiger charge is 2.25. The smallest absolute Gasteiger partial charge is 0.344 e. The number of rotatable bonds is 25. The second-order valence-corrected chi connectivity index (χ2v) is 12.0. The molecule has 0 atom stereocenters. The third kappa shape index (κ3) is 33.8. The zero-order valence-corrected chi connectivity index (χ0v) is 25.9. The summed E-state index contributed by atoms with van der Waals surface area (Å²) < 4.78 is 30.7. The summed E-state index contributed by atoms with van der Waals surface area (Å²) in [6.45, 7) is 8.47. The molecule has 0 aromatic rings. The van der Waals surface area contributed by atoms with E-state index in [9.17, 15) is 8.42 Å². The van der Waals surface area contributed by atoms with Crippen molar-refractivity contribution in [3.8, 4) is 0 Å². The first-order chi connectivity index (χ1) is 16.7. The van der Waals surface area contributed by atoms with Crippen LogP contribution in [0.1, 0.15) is 169 Å². The molecule has 0 fully saturated rings. The Morgan fingerprint density at radius 2 is 0.861 bits per heavy atom. The summed E-state index contributed by atoms with van der Waals surface area (Å²) in [5.41, 5.74) is 4.54. The van der Waals surface area contributed by atoms with E-state index in [0.717, 1.165) is 7.11 Å². The van der Waals surface area contributed by atoms with Crippen molar-refractivity contribution in [2.45, 2.75) is 175 Å². The van der Waals surface area contributed by atoms with Crippen LogP contribution in [0.5, 0.6) is 0 Å². The molecule has 0 aliphatic rings. The summed E-state index contributed by atoms with van der Waals surface area (Å²) in [4.78, 5) is 0. The molecule has 36 heavy (non-hydrogen) atoms. The van der Waals surface area contributed by atoms with Crippen LogP contribution in [0.3, 0.4) is 0 Å². The second-order valence-electron chi connectivity index (χ2n) is 10.7. The molecular weight excluding hydrogens is 472 g/mol. The van der Waals surface area contributed by atoms with Crippen LogP contribution in [0.2, 0.25) is 0 Å². The van der Waals surface area contributed by atoms with Gasteiger partial charge in [-0.3, -0.25) is 4.18 Å². The van der Waals surface area contributed by atoms with E-state index in [1.165, 1.54) is 128 Å². The predicted octanol–water partition coefficient (Wildman–Crippen LogP) is 9.40. The van der Waals surface area contributed by atoms with E-state index in [1.54, 1.807) is 13.8 Å². The molecule has 0 aromatic heterocycles. The Morgan fingerprint density at radius 3 is 1.08 bits per heavy atom. The first kappa shape index (κ1) is 40.3. The van der Waals surface area contributed by atoms with Crippen molar-refractivity contribution >= 4 is 10.4 Å². The maximum atomic E-state index is 10.9. The highest BCUT2D eigenvalue weighted by Crippen LogP contribution is 2.19. The van der Waals surface area contributed by atoms with Crippen LogP contribution in [0.4, 0.5) is 0 Å². The van der Waals surface area contributed by atoms with Gasteiger partial charge >= 0.3 is 10.4 Å². The van der Waals surface area contributed by atoms with Gasteiger partial charge in [-0.05, 0) is 33.2 Å². The Balaban J connectivity index is -0.000000667. The van der Waals surface area contributed by atoms with Crippen molar-refractivity contribution in [1.29, 1.82) is 0 Å². The van der Waals surface area contributed by atoms with Gasteiger partial charge in [0.1, 0.15) is 0 Å². The third-order valence-corrected chi connectivity index (χ3v) is 7.54. The quantitative estimate of drug-likeness (QED) is 0.112. The lowest BCUT2D eigenvalue weighted by molar-refractivity contribution is 0.0834. The lowest BCUT2D eigenvalue weighted by atomic mass is 10.0. The minimum atomic E-state index is -3.85. The van der Waals surface area contributed by atoms with Gasteiger partial charge < -0.3 is 11.9 Å². The van der Waals surface area contributed by atoms with Gasteiger partial charge in [0, 0.05) is 0 Å². The van der Waals surface area contributed by atoms with E-state index in [-0.39, 0.29) is 6.15 Å². The number of hydrogen-bond donors (Lipinski definition) is 2. The van der Waals surface area contributed by atoms with Crippen molar-refractivity contribution in [3.05, 3.63) is 0 Å². The van der Waals surface area contributed by atoms with Crippen LogP contribution < -0.4 is 11.9 Å². The molecule has 222 valence electrons. The summed E-state index contributed by atoms with van der Waals surface area (Å²) in [5.74, 6) is 0. The summed E-state index contributed by atoms with van der Waals surface area (Å²) in [6, 6.07) is 0. The minimum absolute atomic E-state index is 0. The molecule has 0 bridgehead atoms. The fourth-order valence-corrected chi connectivity index (χ4v) is 4.91. The van der Waals surface area contributed by atoms with Crippen LogP contribution in [0.25, 0.3) is 0 Å². The van der Waals surface area contributed by atoms with Crippen LogP contribution in [-0.4, -0.2) is 27.7 Å². The minimum Gasteiger partial charge on any atom is -0.344 e. The van der Waals surface area contributed by atoms with E-state index >= 15 is 0 Å². The Morgan fingerprint density at radius 1 is 0.583 bits per heavy atom. The van der Waals surface area contributed by atoms with Gasteiger partial charge in [0.05, 0.1) is 12.7 Å². The summed E-state index contributed by atoms with van der Waals surface area (Å²) >= 11 is 0. The van der Waals surface area contributed by atoms with Crippen molar-refractivity contribution in [3.63, 3.8) is 0 Å². The molecule has 0 saturated heterocycles. The van der Waals surface area contributed by atoms with Crippen LogP contribution in [0.15, 0.2) is 0 Å². The van der Waals surface area contributed by atoms with Gasteiger partial charge in [0.25, 0.3) is 0 Å². The molecule has 0 aliphatic heterocycles. The lowest BCUT2D eigenvalue weighted by Crippen LogP contribution is -2.29. The molecule has 0 saturated carbocycles. The van der Waals surface area contributed by atoms with Crippen LogP contribution in [0, 0.1) is 0 Å². The topological polar surface area (TPSA) is 114 Å². The van der Waals surface area contributed by atoms with E-state index in [2.05, 4.69) is 18.0 Å². The maximum absolute atomic E-state index is 10.9. The van der Waals surface area contributed by atoms with E-state index in [0.29, 0.717) is 19.4 Å². The lowest BCUT2D eigenvalue weighted by Gasteiger charge is -2.22. The van der Waals surface area contributed by atoms with E-state index in [4.69, 9.17) is 9.92 Å². The third-order valence-electron chi connectivity index (χ3n) is 6.47. The van der Waals surface area contributed by atoms with E-state index < -0.39 is 16.0 Å². The zero-order valence-electron chi connectivity index (χ0n) is 25.1.